The summed E-state index contributed by atoms with van der Waals surface area (Å²) in [4.78, 5) is 4.57. The van der Waals surface area contributed by atoms with Crippen molar-refractivity contribution in [3.05, 3.63) is 42.2 Å². The number of benzene rings is 1. The van der Waals surface area contributed by atoms with Gasteiger partial charge in [0.05, 0.1) is 5.69 Å². The molecule has 1 aromatic heterocycles. The van der Waals surface area contributed by atoms with Crippen molar-refractivity contribution in [1.29, 1.82) is 0 Å². The number of nitrogens with zero attached hydrogens (tertiary/aromatic N) is 2. The van der Waals surface area contributed by atoms with E-state index in [1.807, 2.05) is 13.0 Å². The fraction of sp³-hybridized carbons (Fsp3) is 0.400. The zero-order valence-electron chi connectivity index (χ0n) is 10.8. The molecule has 0 aliphatic heterocycles. The Labute approximate surface area is 108 Å². The number of para-hydroxylation sites is 1. The number of nitrogens with one attached hydrogen (secondary N) is 1. The van der Waals surface area contributed by atoms with Gasteiger partial charge in [0, 0.05) is 18.4 Å². The van der Waals surface area contributed by atoms with E-state index in [2.05, 4.69) is 45.3 Å². The topological polar surface area (TPSA) is 29.9 Å². The number of anilines is 1. The number of hydrogen-bond acceptors (Lipinski definition) is 2. The van der Waals surface area contributed by atoms with Gasteiger partial charge in [-0.25, -0.2) is 4.98 Å². The maximum atomic E-state index is 4.57. The van der Waals surface area contributed by atoms with Crippen molar-refractivity contribution in [1.82, 2.24) is 9.55 Å². The van der Waals surface area contributed by atoms with E-state index in [0.717, 1.165) is 29.8 Å². The van der Waals surface area contributed by atoms with E-state index in [1.165, 1.54) is 19.3 Å². The summed E-state index contributed by atoms with van der Waals surface area (Å²) in [5, 5.41) is 3.49. The molecule has 1 heterocycles. The van der Waals surface area contributed by atoms with Crippen molar-refractivity contribution in [2.75, 3.05) is 11.9 Å². The van der Waals surface area contributed by atoms with Crippen molar-refractivity contribution in [3.63, 3.8) is 0 Å². The van der Waals surface area contributed by atoms with Crippen LogP contribution in [0.1, 0.15) is 25.0 Å². The summed E-state index contributed by atoms with van der Waals surface area (Å²) in [5.41, 5.74) is 2.21. The molecule has 1 saturated carbocycles. The van der Waals surface area contributed by atoms with E-state index < -0.39 is 0 Å². The van der Waals surface area contributed by atoms with Crippen molar-refractivity contribution in [2.45, 2.75) is 26.2 Å². The molecule has 0 unspecified atom stereocenters. The highest BCUT2D eigenvalue weighted by Gasteiger charge is 2.18. The lowest BCUT2D eigenvalue weighted by Crippen LogP contribution is -2.22. The standard InChI is InChI=1S/C15H19N3/c1-12-11-18(14-8-3-2-4-9-14)15(17-12)16-10-13-6-5-7-13/h2-4,8-9,11,13H,5-7,10H2,1H3,(H,16,17). The van der Waals surface area contributed by atoms with Gasteiger partial charge in [-0.1, -0.05) is 24.6 Å². The number of aryl methyl sites for hydroxylation is 1. The molecule has 0 radical (unpaired) electrons. The highest BCUT2D eigenvalue weighted by Crippen LogP contribution is 2.26. The van der Waals surface area contributed by atoms with Gasteiger partial charge in [0.25, 0.3) is 0 Å². The molecule has 3 nitrogen and oxygen atoms in total. The first kappa shape index (κ1) is 11.3. The van der Waals surface area contributed by atoms with Gasteiger partial charge in [0.15, 0.2) is 0 Å². The van der Waals surface area contributed by atoms with Crippen molar-refractivity contribution >= 4 is 5.95 Å². The Balaban J connectivity index is 1.80. The molecule has 94 valence electrons. The Kier molecular flexibility index (Phi) is 3.05. The van der Waals surface area contributed by atoms with Gasteiger partial charge in [0.2, 0.25) is 5.95 Å². The van der Waals surface area contributed by atoms with Gasteiger partial charge in [-0.2, -0.15) is 0 Å². The Hall–Kier alpha value is -1.77. The van der Waals surface area contributed by atoms with E-state index in [4.69, 9.17) is 0 Å². The lowest BCUT2D eigenvalue weighted by molar-refractivity contribution is 0.333. The molecule has 1 aliphatic carbocycles. The molecular weight excluding hydrogens is 222 g/mol. The van der Waals surface area contributed by atoms with Gasteiger partial charge < -0.3 is 5.32 Å². The summed E-state index contributed by atoms with van der Waals surface area (Å²) in [6.07, 6.45) is 6.19. The number of hydrogen-bond donors (Lipinski definition) is 1. The number of aromatic nitrogens is 2. The largest absolute Gasteiger partial charge is 0.355 e. The highest BCUT2D eigenvalue weighted by atomic mass is 15.2. The Morgan fingerprint density at radius 1 is 1.28 bits per heavy atom. The average Bonchev–Trinajstić information content (AvgIpc) is 2.70. The molecule has 0 spiro atoms. The van der Waals surface area contributed by atoms with E-state index in [1.54, 1.807) is 0 Å². The normalized spacial score (nSPS) is 15.4. The predicted molar refractivity (Wildman–Crippen MR) is 74.1 cm³/mol. The smallest absolute Gasteiger partial charge is 0.207 e. The Bertz CT molecular complexity index is 512. The molecule has 1 N–H and O–H groups in total. The SMILES string of the molecule is Cc1cn(-c2ccccc2)c(NCC2CCC2)n1. The Morgan fingerprint density at radius 2 is 2.06 bits per heavy atom. The summed E-state index contributed by atoms with van der Waals surface area (Å²) in [6.45, 7) is 3.08. The Morgan fingerprint density at radius 3 is 2.72 bits per heavy atom. The number of rotatable bonds is 4. The predicted octanol–water partition coefficient (Wildman–Crippen LogP) is 3.39. The molecule has 3 rings (SSSR count). The van der Waals surface area contributed by atoms with Crippen molar-refractivity contribution in [2.24, 2.45) is 5.92 Å². The molecule has 3 heteroatoms. The van der Waals surface area contributed by atoms with Crippen LogP contribution in [0.4, 0.5) is 5.95 Å². The van der Waals surface area contributed by atoms with E-state index >= 15 is 0 Å². The second kappa shape index (κ2) is 4.84. The molecule has 0 atom stereocenters. The lowest BCUT2D eigenvalue weighted by atomic mass is 9.85. The first-order chi connectivity index (χ1) is 8.83. The minimum atomic E-state index is 0.839. The van der Waals surface area contributed by atoms with Crippen LogP contribution in [0.15, 0.2) is 36.5 Å². The lowest BCUT2D eigenvalue weighted by Gasteiger charge is -2.25. The third-order valence-corrected chi connectivity index (χ3v) is 3.63. The molecule has 1 aliphatic rings. The number of imidazole rings is 1. The van der Waals surface area contributed by atoms with Crippen molar-refractivity contribution in [3.8, 4) is 5.69 Å². The monoisotopic (exact) mass is 241 g/mol. The van der Waals surface area contributed by atoms with Crippen LogP contribution in [0.2, 0.25) is 0 Å². The molecule has 0 amide bonds. The zero-order valence-corrected chi connectivity index (χ0v) is 10.8. The van der Waals surface area contributed by atoms with Gasteiger partial charge >= 0.3 is 0 Å². The van der Waals surface area contributed by atoms with E-state index in [-0.39, 0.29) is 0 Å². The third kappa shape index (κ3) is 2.26. The first-order valence-electron chi connectivity index (χ1n) is 6.68. The third-order valence-electron chi connectivity index (χ3n) is 3.63. The second-order valence-corrected chi connectivity index (χ2v) is 5.09. The highest BCUT2D eigenvalue weighted by molar-refractivity contribution is 5.42. The molecule has 2 aromatic rings. The van der Waals surface area contributed by atoms with E-state index in [9.17, 15) is 0 Å². The van der Waals surface area contributed by atoms with Crippen molar-refractivity contribution < 1.29 is 0 Å². The first-order valence-corrected chi connectivity index (χ1v) is 6.68. The molecule has 0 saturated heterocycles. The zero-order chi connectivity index (χ0) is 12.4. The fourth-order valence-corrected chi connectivity index (χ4v) is 2.34. The van der Waals surface area contributed by atoms with Crippen LogP contribution in [0, 0.1) is 12.8 Å². The van der Waals surface area contributed by atoms with Crippen LogP contribution < -0.4 is 5.32 Å². The van der Waals surface area contributed by atoms with E-state index in [0.29, 0.717) is 0 Å². The van der Waals surface area contributed by atoms with Crippen LogP contribution in [0.5, 0.6) is 0 Å². The second-order valence-electron chi connectivity index (χ2n) is 5.09. The van der Waals surface area contributed by atoms with Gasteiger partial charge in [-0.05, 0) is 37.8 Å². The fourth-order valence-electron chi connectivity index (χ4n) is 2.34. The van der Waals surface area contributed by atoms with Gasteiger partial charge in [-0.3, -0.25) is 4.57 Å². The summed E-state index contributed by atoms with van der Waals surface area (Å²) >= 11 is 0. The van der Waals surface area contributed by atoms with Crippen LogP contribution in [0.3, 0.4) is 0 Å². The molecule has 18 heavy (non-hydrogen) atoms. The maximum Gasteiger partial charge on any atom is 0.207 e. The minimum Gasteiger partial charge on any atom is -0.355 e. The molecule has 0 bridgehead atoms. The summed E-state index contributed by atoms with van der Waals surface area (Å²) in [6, 6.07) is 10.4. The maximum absolute atomic E-state index is 4.57. The summed E-state index contributed by atoms with van der Waals surface area (Å²) < 4.78 is 2.13. The van der Waals surface area contributed by atoms with Crippen LogP contribution >= 0.6 is 0 Å². The molecule has 1 fully saturated rings. The average molecular weight is 241 g/mol. The van der Waals surface area contributed by atoms with Gasteiger partial charge in [0.1, 0.15) is 0 Å². The van der Waals surface area contributed by atoms with Crippen LogP contribution in [-0.2, 0) is 0 Å². The van der Waals surface area contributed by atoms with Gasteiger partial charge in [-0.15, -0.1) is 0 Å². The summed E-state index contributed by atoms with van der Waals surface area (Å²) in [5.74, 6) is 1.80. The molecule has 1 aromatic carbocycles. The quantitative estimate of drug-likeness (QED) is 0.889. The minimum absolute atomic E-state index is 0.839. The summed E-state index contributed by atoms with van der Waals surface area (Å²) in [7, 11) is 0. The van der Waals surface area contributed by atoms with Crippen LogP contribution in [-0.4, -0.2) is 16.1 Å². The van der Waals surface area contributed by atoms with Crippen LogP contribution in [0.25, 0.3) is 5.69 Å². The molecular formula is C15H19N3.